The Morgan fingerprint density at radius 2 is 1.80 bits per heavy atom. The molecule has 0 radical (unpaired) electrons. The maximum atomic E-state index is 10.6. The van der Waals surface area contributed by atoms with Crippen molar-refractivity contribution in [3.8, 4) is 0 Å². The molecule has 0 aliphatic heterocycles. The fraction of sp³-hybridized carbons (Fsp3) is 0.917. The van der Waals surface area contributed by atoms with Crippen LogP contribution in [0.3, 0.4) is 0 Å². The van der Waals surface area contributed by atoms with Crippen molar-refractivity contribution in [2.45, 2.75) is 32.6 Å². The summed E-state index contributed by atoms with van der Waals surface area (Å²) in [5, 5.41) is 6.28. The molecule has 86 valence electrons. The fourth-order valence-electron chi connectivity index (χ4n) is 2.36. The molecule has 0 unspecified atom stereocenters. The lowest BCUT2D eigenvalue weighted by molar-refractivity contribution is -0.118. The molecule has 3 heteroatoms. The normalized spacial score (nSPS) is 20.7. The molecule has 0 spiro atoms. The molecule has 0 heterocycles. The van der Waals surface area contributed by atoms with Gasteiger partial charge in [-0.05, 0) is 50.0 Å². The summed E-state index contributed by atoms with van der Waals surface area (Å²) in [4.78, 5) is 10.6. The van der Waals surface area contributed by atoms with Crippen molar-refractivity contribution < 1.29 is 4.79 Å². The summed E-state index contributed by atoms with van der Waals surface area (Å²) in [7, 11) is 0. The van der Waals surface area contributed by atoms with E-state index >= 15 is 0 Å². The maximum absolute atomic E-state index is 10.6. The van der Waals surface area contributed by atoms with Crippen LogP contribution in [0.25, 0.3) is 0 Å². The van der Waals surface area contributed by atoms with Gasteiger partial charge in [0.1, 0.15) is 0 Å². The van der Waals surface area contributed by atoms with Crippen molar-refractivity contribution in [3.05, 3.63) is 0 Å². The highest BCUT2D eigenvalue weighted by Crippen LogP contribution is 2.48. The molecule has 0 aromatic rings. The maximum Gasteiger partial charge on any atom is 0.216 e. The molecule has 2 aliphatic carbocycles. The third-order valence-corrected chi connectivity index (χ3v) is 3.51. The highest BCUT2D eigenvalue weighted by molar-refractivity contribution is 5.72. The van der Waals surface area contributed by atoms with Gasteiger partial charge in [-0.1, -0.05) is 0 Å². The second kappa shape index (κ2) is 4.97. The molecule has 2 aliphatic rings. The predicted molar refractivity (Wildman–Crippen MR) is 60.5 cm³/mol. The lowest BCUT2D eigenvalue weighted by Gasteiger charge is -2.16. The van der Waals surface area contributed by atoms with Crippen LogP contribution in [-0.2, 0) is 4.79 Å². The highest BCUT2D eigenvalue weighted by atomic mass is 16.1. The molecular formula is C12H22N2O. The van der Waals surface area contributed by atoms with E-state index < -0.39 is 0 Å². The van der Waals surface area contributed by atoms with E-state index in [4.69, 9.17) is 0 Å². The van der Waals surface area contributed by atoms with Crippen molar-refractivity contribution in [1.29, 1.82) is 0 Å². The first kappa shape index (κ1) is 10.9. The highest BCUT2D eigenvalue weighted by Gasteiger charge is 2.40. The Hall–Kier alpha value is -0.570. The second-order valence-corrected chi connectivity index (χ2v) is 5.03. The Bertz CT molecular complexity index is 210. The molecule has 2 saturated carbocycles. The molecule has 0 aromatic carbocycles. The molecule has 0 aromatic heterocycles. The van der Waals surface area contributed by atoms with Crippen LogP contribution in [0.1, 0.15) is 32.6 Å². The van der Waals surface area contributed by atoms with Crippen LogP contribution in [0.15, 0.2) is 0 Å². The number of nitrogens with one attached hydrogen (secondary N) is 2. The predicted octanol–water partition coefficient (Wildman–Crippen LogP) is 1.15. The monoisotopic (exact) mass is 210 g/mol. The summed E-state index contributed by atoms with van der Waals surface area (Å²) in [6.07, 6.45) is 5.81. The van der Waals surface area contributed by atoms with E-state index in [1.807, 2.05) is 0 Å². The number of carbonyl (C=O) groups is 1. The smallest absolute Gasteiger partial charge is 0.216 e. The van der Waals surface area contributed by atoms with E-state index in [-0.39, 0.29) is 5.91 Å². The van der Waals surface area contributed by atoms with Crippen molar-refractivity contribution in [2.24, 2.45) is 17.8 Å². The van der Waals surface area contributed by atoms with Gasteiger partial charge >= 0.3 is 0 Å². The van der Waals surface area contributed by atoms with Crippen LogP contribution in [0.2, 0.25) is 0 Å². The fourth-order valence-corrected chi connectivity index (χ4v) is 2.36. The molecular weight excluding hydrogens is 188 g/mol. The second-order valence-electron chi connectivity index (χ2n) is 5.03. The van der Waals surface area contributed by atoms with Crippen molar-refractivity contribution in [1.82, 2.24) is 10.6 Å². The van der Waals surface area contributed by atoms with E-state index in [9.17, 15) is 4.79 Å². The standard InChI is InChI=1S/C12H22N2O/c1-9(15)14-7-6-13-8-12(10-2-3-10)11-4-5-11/h10-13H,2-8H2,1H3,(H,14,15). The first-order chi connectivity index (χ1) is 7.27. The van der Waals surface area contributed by atoms with Gasteiger partial charge in [0.2, 0.25) is 5.91 Å². The lowest BCUT2D eigenvalue weighted by atomic mass is 9.98. The van der Waals surface area contributed by atoms with Gasteiger partial charge in [-0.15, -0.1) is 0 Å². The molecule has 1 amide bonds. The summed E-state index contributed by atoms with van der Waals surface area (Å²) < 4.78 is 0. The summed E-state index contributed by atoms with van der Waals surface area (Å²) in [5.41, 5.74) is 0. The quantitative estimate of drug-likeness (QED) is 0.619. The van der Waals surface area contributed by atoms with Gasteiger partial charge in [-0.2, -0.15) is 0 Å². The summed E-state index contributed by atoms with van der Waals surface area (Å²) in [5.74, 6) is 3.04. The van der Waals surface area contributed by atoms with Crippen molar-refractivity contribution in [3.63, 3.8) is 0 Å². The average molecular weight is 210 g/mol. The molecule has 2 N–H and O–H groups in total. The zero-order chi connectivity index (χ0) is 10.7. The summed E-state index contributed by atoms with van der Waals surface area (Å²) in [6.45, 7) is 4.40. The van der Waals surface area contributed by atoms with Gasteiger partial charge in [0.25, 0.3) is 0 Å². The number of rotatable bonds is 7. The third-order valence-electron chi connectivity index (χ3n) is 3.51. The largest absolute Gasteiger partial charge is 0.355 e. The Labute approximate surface area is 92.0 Å². The zero-order valence-corrected chi connectivity index (χ0v) is 9.59. The van der Waals surface area contributed by atoms with Gasteiger partial charge in [0.05, 0.1) is 0 Å². The van der Waals surface area contributed by atoms with Gasteiger partial charge in [0.15, 0.2) is 0 Å². The number of carbonyl (C=O) groups excluding carboxylic acids is 1. The first-order valence-corrected chi connectivity index (χ1v) is 6.22. The van der Waals surface area contributed by atoms with Crippen LogP contribution in [0, 0.1) is 17.8 Å². The minimum absolute atomic E-state index is 0.0673. The lowest BCUT2D eigenvalue weighted by Crippen LogP contribution is -2.33. The molecule has 0 bridgehead atoms. The Morgan fingerprint density at radius 3 is 2.27 bits per heavy atom. The summed E-state index contributed by atoms with van der Waals surface area (Å²) in [6, 6.07) is 0. The van der Waals surface area contributed by atoms with Gasteiger partial charge < -0.3 is 10.6 Å². The molecule has 15 heavy (non-hydrogen) atoms. The van der Waals surface area contributed by atoms with Crippen LogP contribution < -0.4 is 10.6 Å². The minimum Gasteiger partial charge on any atom is -0.355 e. The van der Waals surface area contributed by atoms with E-state index in [0.717, 1.165) is 37.4 Å². The van der Waals surface area contributed by atoms with E-state index in [2.05, 4.69) is 10.6 Å². The Balaban J connectivity index is 1.53. The van der Waals surface area contributed by atoms with Crippen LogP contribution in [0.5, 0.6) is 0 Å². The molecule has 2 fully saturated rings. The Morgan fingerprint density at radius 1 is 1.20 bits per heavy atom. The van der Waals surface area contributed by atoms with Crippen molar-refractivity contribution >= 4 is 5.91 Å². The number of amides is 1. The number of hydrogen-bond acceptors (Lipinski definition) is 2. The van der Waals surface area contributed by atoms with E-state index in [1.54, 1.807) is 6.92 Å². The first-order valence-electron chi connectivity index (χ1n) is 6.22. The molecule has 0 atom stereocenters. The average Bonchev–Trinajstić information content (AvgIpc) is 3.00. The zero-order valence-electron chi connectivity index (χ0n) is 9.59. The Kier molecular flexibility index (Phi) is 3.62. The SMILES string of the molecule is CC(=O)NCCNCC(C1CC1)C1CC1. The van der Waals surface area contributed by atoms with E-state index in [1.165, 1.54) is 25.7 Å². The van der Waals surface area contributed by atoms with Gasteiger partial charge in [-0.3, -0.25) is 4.79 Å². The van der Waals surface area contributed by atoms with Crippen molar-refractivity contribution in [2.75, 3.05) is 19.6 Å². The van der Waals surface area contributed by atoms with Gasteiger partial charge in [0, 0.05) is 20.0 Å². The van der Waals surface area contributed by atoms with Crippen LogP contribution in [0.4, 0.5) is 0 Å². The van der Waals surface area contributed by atoms with Crippen LogP contribution in [-0.4, -0.2) is 25.5 Å². The van der Waals surface area contributed by atoms with Gasteiger partial charge in [-0.25, -0.2) is 0 Å². The third kappa shape index (κ3) is 3.82. The molecule has 2 rings (SSSR count). The number of hydrogen-bond donors (Lipinski definition) is 2. The topological polar surface area (TPSA) is 41.1 Å². The molecule has 3 nitrogen and oxygen atoms in total. The summed E-state index contributed by atoms with van der Waals surface area (Å²) >= 11 is 0. The van der Waals surface area contributed by atoms with E-state index in [0.29, 0.717) is 0 Å². The minimum atomic E-state index is 0.0673. The van der Waals surface area contributed by atoms with Crippen LogP contribution >= 0.6 is 0 Å². The molecule has 0 saturated heterocycles.